The Labute approximate surface area is 136 Å². The van der Waals surface area contributed by atoms with Gasteiger partial charge in [0.15, 0.2) is 5.75 Å². The minimum Gasteiger partial charge on any atom is -0.492 e. The molecular weight excluding hydrogens is 294 g/mol. The fourth-order valence-electron chi connectivity index (χ4n) is 2.64. The number of aryl methyl sites for hydroxylation is 1. The third-order valence-electron chi connectivity index (χ3n) is 3.67. The maximum atomic E-state index is 12.8. The first-order valence-electron chi connectivity index (χ1n) is 7.98. The number of nitrogens with zero attached hydrogens (tertiary/aromatic N) is 1. The van der Waals surface area contributed by atoms with Crippen LogP contribution < -0.4 is 19.8 Å². The van der Waals surface area contributed by atoms with Gasteiger partial charge >= 0.3 is 0 Å². The van der Waals surface area contributed by atoms with Gasteiger partial charge in [0.05, 0.1) is 25.8 Å². The molecule has 5 nitrogen and oxygen atoms in total. The Balaban J connectivity index is 2.75. The van der Waals surface area contributed by atoms with Crippen LogP contribution in [0.25, 0.3) is 10.9 Å². The van der Waals surface area contributed by atoms with E-state index < -0.39 is 0 Å². The van der Waals surface area contributed by atoms with Gasteiger partial charge in [-0.2, -0.15) is 0 Å². The number of rotatable bonds is 7. The van der Waals surface area contributed by atoms with Crippen molar-refractivity contribution >= 4 is 10.9 Å². The largest absolute Gasteiger partial charge is 0.492 e. The molecule has 126 valence electrons. The summed E-state index contributed by atoms with van der Waals surface area (Å²) in [5.41, 5.74) is 0.631. The molecule has 0 saturated carbocycles. The van der Waals surface area contributed by atoms with Crippen molar-refractivity contribution in [2.24, 2.45) is 0 Å². The normalized spacial score (nSPS) is 11.0. The van der Waals surface area contributed by atoms with E-state index in [0.717, 1.165) is 29.5 Å². The van der Waals surface area contributed by atoms with Gasteiger partial charge in [0.2, 0.25) is 5.75 Å². The second-order valence-corrected chi connectivity index (χ2v) is 5.72. The Morgan fingerprint density at radius 1 is 1.13 bits per heavy atom. The quantitative estimate of drug-likeness (QED) is 0.782. The second-order valence-electron chi connectivity index (χ2n) is 5.72. The predicted molar refractivity (Wildman–Crippen MR) is 92.0 cm³/mol. The minimum absolute atomic E-state index is 0.0726. The SMILES string of the molecule is CCCCn1c(=O)c(OC)c(OC)c2ccc(OC(C)C)cc21. The Kier molecular flexibility index (Phi) is 5.53. The summed E-state index contributed by atoms with van der Waals surface area (Å²) in [6, 6.07) is 5.70. The lowest BCUT2D eigenvalue weighted by Gasteiger charge is -2.17. The van der Waals surface area contributed by atoms with Gasteiger partial charge in [-0.05, 0) is 32.4 Å². The summed E-state index contributed by atoms with van der Waals surface area (Å²) in [7, 11) is 3.04. The van der Waals surface area contributed by atoms with Crippen molar-refractivity contribution in [3.05, 3.63) is 28.6 Å². The average Bonchev–Trinajstić information content (AvgIpc) is 2.52. The Bertz CT molecular complexity index is 734. The Morgan fingerprint density at radius 2 is 1.83 bits per heavy atom. The van der Waals surface area contributed by atoms with Crippen LogP contribution in [0, 0.1) is 0 Å². The number of ether oxygens (including phenoxy) is 3. The molecule has 0 radical (unpaired) electrons. The zero-order valence-corrected chi connectivity index (χ0v) is 14.5. The van der Waals surface area contributed by atoms with Crippen LogP contribution in [0.2, 0.25) is 0 Å². The highest BCUT2D eigenvalue weighted by Gasteiger charge is 2.18. The van der Waals surface area contributed by atoms with Crippen molar-refractivity contribution < 1.29 is 14.2 Å². The topological polar surface area (TPSA) is 49.7 Å². The fraction of sp³-hybridized carbons (Fsp3) is 0.500. The van der Waals surface area contributed by atoms with E-state index in [1.165, 1.54) is 7.11 Å². The molecule has 1 aromatic carbocycles. The second kappa shape index (κ2) is 7.40. The molecule has 0 fully saturated rings. The molecule has 5 heteroatoms. The molecule has 1 heterocycles. The smallest absolute Gasteiger partial charge is 0.297 e. The highest BCUT2D eigenvalue weighted by molar-refractivity contribution is 5.89. The standard InChI is InChI=1S/C18H25NO4/c1-6-7-10-19-15-11-13(23-12(2)3)8-9-14(15)16(21-4)17(22-5)18(19)20/h8-9,11-12H,6-7,10H2,1-5H3. The number of hydrogen-bond donors (Lipinski definition) is 0. The molecule has 0 bridgehead atoms. The van der Waals surface area contributed by atoms with E-state index in [1.807, 2.05) is 32.0 Å². The molecule has 0 N–H and O–H groups in total. The van der Waals surface area contributed by atoms with Crippen LogP contribution in [0.5, 0.6) is 17.2 Å². The first kappa shape index (κ1) is 17.2. The summed E-state index contributed by atoms with van der Waals surface area (Å²) in [6.07, 6.45) is 1.99. The number of pyridine rings is 1. The number of benzene rings is 1. The summed E-state index contributed by atoms with van der Waals surface area (Å²) in [5, 5.41) is 0.844. The summed E-state index contributed by atoms with van der Waals surface area (Å²) < 4.78 is 18.2. The average molecular weight is 319 g/mol. The van der Waals surface area contributed by atoms with Gasteiger partial charge in [0, 0.05) is 18.0 Å². The van der Waals surface area contributed by atoms with Gasteiger partial charge in [-0.3, -0.25) is 4.79 Å². The van der Waals surface area contributed by atoms with Gasteiger partial charge in [0.25, 0.3) is 5.56 Å². The first-order chi connectivity index (χ1) is 11.0. The number of unbranched alkanes of at least 4 members (excludes halogenated alkanes) is 1. The van der Waals surface area contributed by atoms with E-state index in [-0.39, 0.29) is 17.4 Å². The van der Waals surface area contributed by atoms with Gasteiger partial charge in [-0.1, -0.05) is 13.3 Å². The van der Waals surface area contributed by atoms with Crippen molar-refractivity contribution in [2.75, 3.05) is 14.2 Å². The van der Waals surface area contributed by atoms with Crippen molar-refractivity contribution in [1.82, 2.24) is 4.57 Å². The third kappa shape index (κ3) is 3.44. The molecule has 23 heavy (non-hydrogen) atoms. The van der Waals surface area contributed by atoms with Gasteiger partial charge in [-0.25, -0.2) is 0 Å². The predicted octanol–water partition coefficient (Wildman–Crippen LogP) is 3.61. The molecule has 0 spiro atoms. The van der Waals surface area contributed by atoms with E-state index in [2.05, 4.69) is 6.92 Å². The van der Waals surface area contributed by atoms with Crippen molar-refractivity contribution in [3.63, 3.8) is 0 Å². The monoisotopic (exact) mass is 319 g/mol. The summed E-state index contributed by atoms with van der Waals surface area (Å²) >= 11 is 0. The van der Waals surface area contributed by atoms with Crippen LogP contribution in [0.15, 0.2) is 23.0 Å². The molecular formula is C18H25NO4. The summed E-state index contributed by atoms with van der Waals surface area (Å²) in [4.78, 5) is 12.8. The van der Waals surface area contributed by atoms with Gasteiger partial charge in [-0.15, -0.1) is 0 Å². The first-order valence-corrected chi connectivity index (χ1v) is 7.98. The van der Waals surface area contributed by atoms with E-state index >= 15 is 0 Å². The van der Waals surface area contributed by atoms with Crippen molar-refractivity contribution in [2.45, 2.75) is 46.3 Å². The molecule has 0 amide bonds. The maximum Gasteiger partial charge on any atom is 0.297 e. The summed E-state index contributed by atoms with van der Waals surface area (Å²) in [5.74, 6) is 1.45. The van der Waals surface area contributed by atoms with Crippen LogP contribution in [0.4, 0.5) is 0 Å². The molecule has 0 aliphatic heterocycles. The zero-order valence-electron chi connectivity index (χ0n) is 14.5. The highest BCUT2D eigenvalue weighted by atomic mass is 16.5. The number of aromatic nitrogens is 1. The van der Waals surface area contributed by atoms with Gasteiger partial charge < -0.3 is 18.8 Å². The van der Waals surface area contributed by atoms with E-state index in [0.29, 0.717) is 12.3 Å². The molecule has 2 rings (SSSR count). The summed E-state index contributed by atoms with van der Waals surface area (Å²) in [6.45, 7) is 6.69. The van der Waals surface area contributed by atoms with E-state index in [9.17, 15) is 4.79 Å². The van der Waals surface area contributed by atoms with Crippen LogP contribution in [0.1, 0.15) is 33.6 Å². The third-order valence-corrected chi connectivity index (χ3v) is 3.67. The number of hydrogen-bond acceptors (Lipinski definition) is 4. The van der Waals surface area contributed by atoms with Crippen molar-refractivity contribution in [1.29, 1.82) is 0 Å². The highest BCUT2D eigenvalue weighted by Crippen LogP contribution is 2.34. The van der Waals surface area contributed by atoms with Crippen LogP contribution in [0.3, 0.4) is 0 Å². The molecule has 0 saturated heterocycles. The molecule has 0 aliphatic rings. The van der Waals surface area contributed by atoms with Gasteiger partial charge in [0.1, 0.15) is 5.75 Å². The number of fused-ring (bicyclic) bond motifs is 1. The molecule has 0 unspecified atom stereocenters. The zero-order chi connectivity index (χ0) is 17.0. The lowest BCUT2D eigenvalue weighted by molar-refractivity contribution is 0.242. The molecule has 0 atom stereocenters. The minimum atomic E-state index is -0.174. The number of methoxy groups -OCH3 is 2. The van der Waals surface area contributed by atoms with Crippen LogP contribution in [-0.2, 0) is 6.54 Å². The van der Waals surface area contributed by atoms with E-state index in [4.69, 9.17) is 14.2 Å². The maximum absolute atomic E-state index is 12.8. The fourth-order valence-corrected chi connectivity index (χ4v) is 2.64. The van der Waals surface area contributed by atoms with Crippen molar-refractivity contribution in [3.8, 4) is 17.2 Å². The Hall–Kier alpha value is -2.17. The lowest BCUT2D eigenvalue weighted by atomic mass is 10.1. The molecule has 1 aromatic heterocycles. The van der Waals surface area contributed by atoms with Crippen LogP contribution >= 0.6 is 0 Å². The van der Waals surface area contributed by atoms with Crippen LogP contribution in [-0.4, -0.2) is 24.9 Å². The molecule has 2 aromatic rings. The molecule has 0 aliphatic carbocycles. The lowest BCUT2D eigenvalue weighted by Crippen LogP contribution is -2.23. The van der Waals surface area contributed by atoms with E-state index in [1.54, 1.807) is 11.7 Å². The Morgan fingerprint density at radius 3 is 2.39 bits per heavy atom.